The Hall–Kier alpha value is -6.72. The van der Waals surface area contributed by atoms with Gasteiger partial charge in [0.1, 0.15) is 11.4 Å². The maximum atomic E-state index is 13.6. The average molecular weight is 977 g/mol. The van der Waals surface area contributed by atoms with E-state index in [9.17, 15) is 28.8 Å². The molecule has 0 heterocycles. The maximum Gasteiger partial charge on any atom is 0.258 e. The highest BCUT2D eigenvalue weighted by Crippen LogP contribution is 2.42. The Kier molecular flexibility index (Phi) is 17.5. The van der Waals surface area contributed by atoms with Crippen molar-refractivity contribution in [3.63, 3.8) is 0 Å². The molecule has 5 rings (SSSR count). The van der Waals surface area contributed by atoms with Crippen molar-refractivity contribution in [2.75, 3.05) is 35.5 Å². The highest BCUT2D eigenvalue weighted by atomic mass is 35.5. The lowest BCUT2D eigenvalue weighted by Crippen LogP contribution is -2.32. The number of nitrogens with one attached hydrogen (secondary N) is 4. The largest absolute Gasteiger partial charge is 0.491 e. The third-order valence-corrected chi connectivity index (χ3v) is 10.7. The van der Waals surface area contributed by atoms with Crippen LogP contribution in [0.4, 0.5) is 34.1 Å². The SMILES string of the molecule is COc1c(NC(=O)C(N=Nc2cc(C(=O)Nc3ccccc3C(C)Cl)ccc2Cl)C(C)=O)ccc(NC(=O)C(N=Nc2cc(C(=O)Nc3ccccc3C(C)Cl)ccc2Cl)C(C)=O)c1OC. The summed E-state index contributed by atoms with van der Waals surface area (Å²) in [5.41, 5.74) is 2.77. The first-order chi connectivity index (χ1) is 31.4. The lowest BCUT2D eigenvalue weighted by atomic mass is 10.1. The first-order valence-corrected chi connectivity index (χ1v) is 21.4. The monoisotopic (exact) mass is 974 g/mol. The molecule has 66 heavy (non-hydrogen) atoms. The summed E-state index contributed by atoms with van der Waals surface area (Å²) in [5, 5.41) is 26.2. The van der Waals surface area contributed by atoms with Crippen LogP contribution in [0.2, 0.25) is 10.0 Å². The fraction of sp³-hybridized carbons (Fsp3) is 0.217. The Morgan fingerprint density at radius 1 is 0.515 bits per heavy atom. The van der Waals surface area contributed by atoms with Gasteiger partial charge in [0.15, 0.2) is 23.1 Å². The number of para-hydroxylation sites is 2. The highest BCUT2D eigenvalue weighted by Gasteiger charge is 2.29. The number of anilines is 4. The summed E-state index contributed by atoms with van der Waals surface area (Å²) < 4.78 is 11.1. The summed E-state index contributed by atoms with van der Waals surface area (Å²) in [7, 11) is 2.53. The second-order valence-corrected chi connectivity index (χ2v) is 16.4. The molecule has 0 saturated carbocycles. The van der Waals surface area contributed by atoms with E-state index in [1.54, 1.807) is 62.4 Å². The van der Waals surface area contributed by atoms with Crippen LogP contribution in [0.5, 0.6) is 11.5 Å². The number of alkyl halides is 2. The molecule has 0 radical (unpaired) electrons. The van der Waals surface area contributed by atoms with Crippen molar-refractivity contribution in [1.29, 1.82) is 0 Å². The molecule has 0 aliphatic rings. The van der Waals surface area contributed by atoms with Crippen LogP contribution in [0, 0.1) is 0 Å². The number of rotatable bonds is 18. The van der Waals surface area contributed by atoms with Gasteiger partial charge in [-0.2, -0.15) is 20.5 Å². The van der Waals surface area contributed by atoms with Gasteiger partial charge in [-0.3, -0.25) is 28.8 Å². The van der Waals surface area contributed by atoms with Gasteiger partial charge in [-0.1, -0.05) is 59.6 Å². The van der Waals surface area contributed by atoms with Gasteiger partial charge in [0.05, 0.1) is 46.4 Å². The molecule has 5 aromatic carbocycles. The number of Topliss-reactive ketones (excluding diaryl/α,β-unsaturated/α-hetero) is 2. The smallest absolute Gasteiger partial charge is 0.258 e. The summed E-state index contributed by atoms with van der Waals surface area (Å²) >= 11 is 25.3. The minimum absolute atomic E-state index is 0.00377. The Balaban J connectivity index is 1.31. The van der Waals surface area contributed by atoms with Gasteiger partial charge >= 0.3 is 0 Å². The summed E-state index contributed by atoms with van der Waals surface area (Å²) in [6.45, 7) is 5.82. The standard InChI is InChI=1S/C46H42Cl4N8O8/c1-23(47)29-11-7-9-13-33(29)51-43(61)27-15-17-31(49)37(21-27)55-57-39(25(3)59)45(63)53-35-19-20-36(42(66-6)41(35)65-5)54-46(64)40(26(4)60)58-56-38-22-28(16-18-32(38)50)44(62)52-34-14-10-8-12-30(34)24(2)48/h7-24,39-40H,1-6H3,(H,51,61)(H,52,62)(H,53,63)(H,54,64). The van der Waals surface area contributed by atoms with E-state index in [1.165, 1.54) is 62.8 Å². The molecule has 0 aliphatic carbocycles. The topological polar surface area (TPSA) is 218 Å². The number of benzene rings is 5. The minimum Gasteiger partial charge on any atom is -0.491 e. The van der Waals surface area contributed by atoms with Crippen LogP contribution in [0.1, 0.15) is 70.3 Å². The molecule has 4 amide bonds. The van der Waals surface area contributed by atoms with Crippen molar-refractivity contribution >= 4 is 116 Å². The number of ether oxygens (including phenoxy) is 2. The van der Waals surface area contributed by atoms with Crippen LogP contribution in [0.25, 0.3) is 0 Å². The molecular formula is C46H42Cl4N8O8. The number of azo groups is 2. The summed E-state index contributed by atoms with van der Waals surface area (Å²) in [4.78, 5) is 78.9. The van der Waals surface area contributed by atoms with Crippen molar-refractivity contribution in [3.8, 4) is 11.5 Å². The van der Waals surface area contributed by atoms with Gasteiger partial charge in [-0.25, -0.2) is 0 Å². The van der Waals surface area contributed by atoms with Crippen LogP contribution in [0.3, 0.4) is 0 Å². The van der Waals surface area contributed by atoms with Gasteiger partial charge in [0.2, 0.25) is 12.1 Å². The molecule has 0 spiro atoms. The Morgan fingerprint density at radius 2 is 0.879 bits per heavy atom. The number of carbonyl (C=O) groups is 6. The van der Waals surface area contributed by atoms with E-state index in [-0.39, 0.29) is 66.2 Å². The zero-order chi connectivity index (χ0) is 48.2. The number of methoxy groups -OCH3 is 2. The fourth-order valence-corrected chi connectivity index (χ4v) is 6.90. The normalized spacial score (nSPS) is 13.0. The van der Waals surface area contributed by atoms with E-state index in [4.69, 9.17) is 55.9 Å². The minimum atomic E-state index is -1.69. The number of halogens is 4. The van der Waals surface area contributed by atoms with Crippen molar-refractivity contribution in [1.82, 2.24) is 0 Å². The lowest BCUT2D eigenvalue weighted by molar-refractivity contribution is -0.127. The van der Waals surface area contributed by atoms with Gasteiger partial charge < -0.3 is 30.7 Å². The first-order valence-electron chi connectivity index (χ1n) is 19.8. The van der Waals surface area contributed by atoms with Crippen molar-refractivity contribution in [3.05, 3.63) is 129 Å². The molecule has 4 N–H and O–H groups in total. The second-order valence-electron chi connectivity index (χ2n) is 14.3. The average Bonchev–Trinajstić information content (AvgIpc) is 3.27. The van der Waals surface area contributed by atoms with Crippen molar-refractivity contribution in [2.24, 2.45) is 20.5 Å². The maximum absolute atomic E-state index is 13.6. The summed E-state index contributed by atoms with van der Waals surface area (Å²) in [6.07, 6.45) is 0. The van der Waals surface area contributed by atoms with Gasteiger partial charge in [-0.15, -0.1) is 23.2 Å². The molecule has 5 aromatic rings. The van der Waals surface area contributed by atoms with Crippen LogP contribution in [-0.2, 0) is 19.2 Å². The first kappa shape index (κ1) is 50.3. The van der Waals surface area contributed by atoms with E-state index >= 15 is 0 Å². The molecule has 4 atom stereocenters. The summed E-state index contributed by atoms with van der Waals surface area (Å²) in [5.74, 6) is -4.38. The molecule has 342 valence electrons. The molecule has 20 heteroatoms. The zero-order valence-electron chi connectivity index (χ0n) is 36.1. The third-order valence-electron chi connectivity index (χ3n) is 9.56. The molecular weight excluding hydrogens is 934 g/mol. The quantitative estimate of drug-likeness (QED) is 0.0375. The van der Waals surface area contributed by atoms with E-state index in [0.717, 1.165) is 13.8 Å². The predicted molar refractivity (Wildman–Crippen MR) is 255 cm³/mol. The van der Waals surface area contributed by atoms with Crippen LogP contribution in [0.15, 0.2) is 118 Å². The van der Waals surface area contributed by atoms with Crippen molar-refractivity contribution < 1.29 is 38.2 Å². The van der Waals surface area contributed by atoms with Crippen molar-refractivity contribution in [2.45, 2.75) is 50.5 Å². The molecule has 0 fully saturated rings. The summed E-state index contributed by atoms with van der Waals surface area (Å²) in [6, 6.07) is 21.9. The zero-order valence-corrected chi connectivity index (χ0v) is 39.1. The molecule has 4 unspecified atom stereocenters. The fourth-order valence-electron chi connectivity index (χ4n) is 6.21. The predicted octanol–water partition coefficient (Wildman–Crippen LogP) is 11.5. The second kappa shape index (κ2) is 22.9. The van der Waals surface area contributed by atoms with E-state index in [0.29, 0.717) is 22.5 Å². The Morgan fingerprint density at radius 3 is 1.21 bits per heavy atom. The molecule has 0 aliphatic heterocycles. The molecule has 0 saturated heterocycles. The van der Waals surface area contributed by atoms with Gasteiger partial charge in [0, 0.05) is 22.5 Å². The van der Waals surface area contributed by atoms with Crippen LogP contribution >= 0.6 is 46.4 Å². The van der Waals surface area contributed by atoms with Gasteiger partial charge in [-0.05, 0) is 99.5 Å². The third kappa shape index (κ3) is 12.5. The van der Waals surface area contributed by atoms with Crippen LogP contribution in [-0.4, -0.2) is 61.5 Å². The Bertz CT molecular complexity index is 2560. The number of amides is 4. The number of ketones is 2. The number of hydrogen-bond donors (Lipinski definition) is 4. The number of hydrogen-bond acceptors (Lipinski definition) is 12. The molecule has 16 nitrogen and oxygen atoms in total. The van der Waals surface area contributed by atoms with E-state index in [2.05, 4.69) is 41.7 Å². The Labute approximate surface area is 399 Å². The van der Waals surface area contributed by atoms with E-state index in [1.807, 2.05) is 0 Å². The highest BCUT2D eigenvalue weighted by molar-refractivity contribution is 6.33. The van der Waals surface area contributed by atoms with Crippen LogP contribution < -0.4 is 30.7 Å². The number of nitrogens with zero attached hydrogens (tertiary/aromatic N) is 4. The van der Waals surface area contributed by atoms with E-state index < -0.39 is 47.3 Å². The van der Waals surface area contributed by atoms with Gasteiger partial charge in [0.25, 0.3) is 23.6 Å². The molecule has 0 bridgehead atoms. The number of carbonyl (C=O) groups excluding carboxylic acids is 6. The molecule has 0 aromatic heterocycles. The lowest BCUT2D eigenvalue weighted by Gasteiger charge is -2.19.